The molecular weight excluding hydrogens is 378 g/mol. The molecule has 2 aliphatic heterocycles. The third kappa shape index (κ3) is 4.36. The average molecular weight is 406 g/mol. The fraction of sp³-hybridized carbons (Fsp3) is 0.348. The van der Waals surface area contributed by atoms with Crippen molar-refractivity contribution in [2.45, 2.75) is 31.3 Å². The number of para-hydroxylation sites is 1. The van der Waals surface area contributed by atoms with E-state index in [1.807, 2.05) is 48.5 Å². The number of anilines is 1. The Bertz CT molecular complexity index is 910. The number of hydrogen-bond acceptors (Lipinski definition) is 5. The van der Waals surface area contributed by atoms with Crippen molar-refractivity contribution in [2.24, 2.45) is 10.8 Å². The molecule has 156 valence electrons. The number of carbonyl (C=O) groups excluding carboxylic acids is 2. The first kappa shape index (κ1) is 20.1. The molecule has 0 bridgehead atoms. The first-order valence-corrected chi connectivity index (χ1v) is 10.4. The highest BCUT2D eigenvalue weighted by Crippen LogP contribution is 2.26. The van der Waals surface area contributed by atoms with Crippen LogP contribution in [0, 0.1) is 0 Å². The van der Waals surface area contributed by atoms with Gasteiger partial charge >= 0.3 is 0 Å². The van der Waals surface area contributed by atoms with Crippen LogP contribution in [0.2, 0.25) is 0 Å². The molecule has 0 saturated carbocycles. The van der Waals surface area contributed by atoms with Gasteiger partial charge in [0, 0.05) is 13.0 Å². The number of hydrazone groups is 1. The van der Waals surface area contributed by atoms with Crippen LogP contribution in [0.1, 0.15) is 30.9 Å². The number of nitrogens with zero attached hydrogens (tertiary/aromatic N) is 3. The van der Waals surface area contributed by atoms with Gasteiger partial charge in [0.15, 0.2) is 0 Å². The van der Waals surface area contributed by atoms with Gasteiger partial charge in [0.05, 0.1) is 11.7 Å². The van der Waals surface area contributed by atoms with Crippen LogP contribution in [-0.2, 0) is 9.59 Å². The van der Waals surface area contributed by atoms with Gasteiger partial charge in [-0.25, -0.2) is 0 Å². The van der Waals surface area contributed by atoms with Crippen molar-refractivity contribution in [1.29, 1.82) is 0 Å². The first-order chi connectivity index (χ1) is 14.6. The maximum atomic E-state index is 12.9. The minimum Gasteiger partial charge on any atom is -0.368 e. The van der Waals surface area contributed by atoms with Gasteiger partial charge in [-0.1, -0.05) is 48.5 Å². The predicted octanol–water partition coefficient (Wildman–Crippen LogP) is 2.06. The van der Waals surface area contributed by atoms with Crippen LogP contribution in [0.25, 0.3) is 0 Å². The molecule has 7 heteroatoms. The van der Waals surface area contributed by atoms with Gasteiger partial charge in [-0.3, -0.25) is 19.5 Å². The second kappa shape index (κ2) is 9.09. The van der Waals surface area contributed by atoms with Crippen molar-refractivity contribution in [1.82, 2.24) is 10.2 Å². The van der Waals surface area contributed by atoms with E-state index in [2.05, 4.69) is 27.5 Å². The van der Waals surface area contributed by atoms with E-state index in [9.17, 15) is 9.59 Å². The molecule has 1 saturated heterocycles. The number of nitrogens with two attached hydrogens (primary N) is 1. The molecule has 7 nitrogen and oxygen atoms in total. The van der Waals surface area contributed by atoms with Gasteiger partial charge in [-0.2, -0.15) is 5.10 Å². The Hall–Kier alpha value is -3.19. The van der Waals surface area contributed by atoms with E-state index in [0.29, 0.717) is 12.3 Å². The lowest BCUT2D eigenvalue weighted by molar-refractivity contribution is -0.119. The zero-order valence-corrected chi connectivity index (χ0v) is 16.9. The number of likely N-dealkylation sites (tertiary alicyclic amines) is 1. The summed E-state index contributed by atoms with van der Waals surface area (Å²) in [6.45, 7) is 2.55. The standard InChI is InChI=1S/C23H27N5O2/c24-22(29)20-15-19(26-28(20)18-11-5-2-6-12-18)23(30)25-16-21(27-13-7-8-14-27)17-9-3-1-4-10-17/h1-6,9-12,20-21H,7-8,13-16H2,(H2,24,29)(H,25,30)/t20-,21+/m0/s1. The van der Waals surface area contributed by atoms with Crippen molar-refractivity contribution >= 4 is 23.2 Å². The maximum Gasteiger partial charge on any atom is 0.267 e. The van der Waals surface area contributed by atoms with Crippen LogP contribution in [0.5, 0.6) is 0 Å². The van der Waals surface area contributed by atoms with Crippen molar-refractivity contribution in [3.05, 3.63) is 66.2 Å². The summed E-state index contributed by atoms with van der Waals surface area (Å²) >= 11 is 0. The molecule has 2 heterocycles. The van der Waals surface area contributed by atoms with E-state index in [0.717, 1.165) is 18.8 Å². The maximum absolute atomic E-state index is 12.9. The molecule has 2 aromatic carbocycles. The molecule has 1 fully saturated rings. The molecule has 0 spiro atoms. The van der Waals surface area contributed by atoms with Crippen LogP contribution in [0.3, 0.4) is 0 Å². The lowest BCUT2D eigenvalue weighted by Gasteiger charge is -2.28. The van der Waals surface area contributed by atoms with Gasteiger partial charge < -0.3 is 11.1 Å². The number of carbonyl (C=O) groups is 2. The summed E-state index contributed by atoms with van der Waals surface area (Å²) in [5.41, 5.74) is 7.83. The monoisotopic (exact) mass is 405 g/mol. The Labute approximate surface area is 176 Å². The van der Waals surface area contributed by atoms with E-state index in [-0.39, 0.29) is 18.4 Å². The molecule has 4 rings (SSSR count). The fourth-order valence-electron chi connectivity index (χ4n) is 4.17. The van der Waals surface area contributed by atoms with Crippen LogP contribution in [-0.4, -0.2) is 48.1 Å². The zero-order chi connectivity index (χ0) is 20.9. The molecular formula is C23H27N5O2. The second-order valence-corrected chi connectivity index (χ2v) is 7.73. The number of nitrogens with one attached hydrogen (secondary N) is 1. The molecule has 2 amide bonds. The van der Waals surface area contributed by atoms with Crippen LogP contribution in [0.4, 0.5) is 5.69 Å². The summed E-state index contributed by atoms with van der Waals surface area (Å²) in [6, 6.07) is 19.0. The minimum atomic E-state index is -0.656. The van der Waals surface area contributed by atoms with Crippen molar-refractivity contribution in [2.75, 3.05) is 24.6 Å². The quantitative estimate of drug-likeness (QED) is 0.738. The number of rotatable bonds is 7. The number of benzene rings is 2. The second-order valence-electron chi connectivity index (χ2n) is 7.73. The van der Waals surface area contributed by atoms with Crippen molar-refractivity contribution < 1.29 is 9.59 Å². The normalized spacial score (nSPS) is 20.1. The largest absolute Gasteiger partial charge is 0.368 e. The zero-order valence-electron chi connectivity index (χ0n) is 16.9. The summed E-state index contributed by atoms with van der Waals surface area (Å²) in [6.07, 6.45) is 2.56. The Morgan fingerprint density at radius 2 is 1.67 bits per heavy atom. The molecule has 0 unspecified atom stereocenters. The third-order valence-electron chi connectivity index (χ3n) is 5.74. The Balaban J connectivity index is 1.47. The van der Waals surface area contributed by atoms with E-state index in [1.165, 1.54) is 18.4 Å². The first-order valence-electron chi connectivity index (χ1n) is 10.4. The summed E-state index contributed by atoms with van der Waals surface area (Å²) in [7, 11) is 0. The minimum absolute atomic E-state index is 0.122. The van der Waals surface area contributed by atoms with Crippen molar-refractivity contribution in [3.63, 3.8) is 0 Å². The van der Waals surface area contributed by atoms with E-state index in [1.54, 1.807) is 5.01 Å². The molecule has 2 atom stereocenters. The summed E-state index contributed by atoms with van der Waals surface area (Å²) < 4.78 is 0. The summed E-state index contributed by atoms with van der Waals surface area (Å²) in [4.78, 5) is 27.3. The van der Waals surface area contributed by atoms with Crippen LogP contribution >= 0.6 is 0 Å². The number of amides is 2. The summed E-state index contributed by atoms with van der Waals surface area (Å²) in [5, 5.41) is 9.02. The lowest BCUT2D eigenvalue weighted by atomic mass is 10.1. The van der Waals surface area contributed by atoms with E-state index in [4.69, 9.17) is 5.73 Å². The van der Waals surface area contributed by atoms with Crippen LogP contribution < -0.4 is 16.1 Å². The Kier molecular flexibility index (Phi) is 6.09. The predicted molar refractivity (Wildman–Crippen MR) is 117 cm³/mol. The molecule has 0 radical (unpaired) electrons. The summed E-state index contributed by atoms with van der Waals surface area (Å²) in [5.74, 6) is -0.746. The number of hydrogen-bond donors (Lipinski definition) is 2. The molecule has 3 N–H and O–H groups in total. The topological polar surface area (TPSA) is 91.0 Å². The number of primary amides is 1. The molecule has 30 heavy (non-hydrogen) atoms. The Morgan fingerprint density at radius 3 is 2.30 bits per heavy atom. The van der Waals surface area contributed by atoms with E-state index >= 15 is 0 Å². The van der Waals surface area contributed by atoms with Gasteiger partial charge in [-0.15, -0.1) is 0 Å². The molecule has 0 aliphatic carbocycles. The molecule has 2 aromatic rings. The Morgan fingerprint density at radius 1 is 1.03 bits per heavy atom. The SMILES string of the molecule is NC(=O)[C@@H]1CC(C(=O)NC[C@H](c2ccccc2)N2CCCC2)=NN1c1ccccc1. The highest BCUT2D eigenvalue weighted by Gasteiger charge is 2.35. The van der Waals surface area contributed by atoms with Crippen LogP contribution in [0.15, 0.2) is 65.8 Å². The molecule has 2 aliphatic rings. The van der Waals surface area contributed by atoms with Gasteiger partial charge in [0.2, 0.25) is 5.91 Å². The van der Waals surface area contributed by atoms with E-state index < -0.39 is 11.9 Å². The molecule has 0 aromatic heterocycles. The van der Waals surface area contributed by atoms with Gasteiger partial charge in [0.25, 0.3) is 5.91 Å². The highest BCUT2D eigenvalue weighted by atomic mass is 16.2. The third-order valence-corrected chi connectivity index (χ3v) is 5.74. The van der Waals surface area contributed by atoms with Gasteiger partial charge in [-0.05, 0) is 43.6 Å². The van der Waals surface area contributed by atoms with Gasteiger partial charge in [0.1, 0.15) is 11.8 Å². The smallest absolute Gasteiger partial charge is 0.267 e. The average Bonchev–Trinajstić information content (AvgIpc) is 3.46. The highest BCUT2D eigenvalue weighted by molar-refractivity contribution is 6.40. The lowest BCUT2D eigenvalue weighted by Crippen LogP contribution is -2.41. The fourth-order valence-corrected chi connectivity index (χ4v) is 4.17. The van der Waals surface area contributed by atoms with Crippen molar-refractivity contribution in [3.8, 4) is 0 Å².